The topological polar surface area (TPSA) is 14.2 Å². The third-order valence-electron chi connectivity index (χ3n) is 3.59. The number of ether oxygens (including phenoxy) is 1. The maximum atomic E-state index is 6.06. The van der Waals surface area contributed by atoms with Crippen molar-refractivity contribution >= 4 is 10.9 Å². The van der Waals surface area contributed by atoms with Gasteiger partial charge in [0.05, 0.1) is 5.52 Å². The molecule has 4 rings (SSSR count). The fourth-order valence-corrected chi connectivity index (χ4v) is 2.60. The fourth-order valence-electron chi connectivity index (χ4n) is 2.60. The van der Waals surface area contributed by atoms with Gasteiger partial charge < -0.3 is 4.74 Å². The van der Waals surface area contributed by atoms with Gasteiger partial charge in [-0.3, -0.25) is 4.57 Å². The van der Waals surface area contributed by atoms with E-state index in [1.165, 1.54) is 0 Å². The summed E-state index contributed by atoms with van der Waals surface area (Å²) in [6.45, 7) is 0. The highest BCUT2D eigenvalue weighted by Crippen LogP contribution is 2.32. The van der Waals surface area contributed by atoms with Crippen LogP contribution in [0.4, 0.5) is 0 Å². The van der Waals surface area contributed by atoms with Crippen LogP contribution in [-0.2, 0) is 0 Å². The minimum absolute atomic E-state index is 0.711. The predicted molar refractivity (Wildman–Crippen MR) is 88.6 cm³/mol. The molecule has 0 amide bonds. The SMILES string of the molecule is [c]1ccccc1Oc1cc2ccccc2n1-c1ccccc1. The molecule has 1 heterocycles. The number of hydrogen-bond acceptors (Lipinski definition) is 1. The Kier molecular flexibility index (Phi) is 3.13. The molecule has 0 saturated carbocycles. The second-order valence-corrected chi connectivity index (χ2v) is 5.04. The summed E-state index contributed by atoms with van der Waals surface area (Å²) < 4.78 is 8.18. The lowest BCUT2D eigenvalue weighted by Gasteiger charge is -2.11. The molecule has 0 fully saturated rings. The van der Waals surface area contributed by atoms with E-state index < -0.39 is 0 Å². The molecule has 3 aromatic carbocycles. The van der Waals surface area contributed by atoms with Crippen molar-refractivity contribution in [2.45, 2.75) is 0 Å². The van der Waals surface area contributed by atoms with Crippen LogP contribution in [-0.4, -0.2) is 4.57 Å². The minimum atomic E-state index is 0.711. The van der Waals surface area contributed by atoms with E-state index in [-0.39, 0.29) is 0 Å². The zero-order valence-corrected chi connectivity index (χ0v) is 11.9. The van der Waals surface area contributed by atoms with Gasteiger partial charge in [-0.1, -0.05) is 54.6 Å². The van der Waals surface area contributed by atoms with Gasteiger partial charge in [0, 0.05) is 23.2 Å². The average molecular weight is 284 g/mol. The summed E-state index contributed by atoms with van der Waals surface area (Å²) >= 11 is 0. The summed E-state index contributed by atoms with van der Waals surface area (Å²) in [5.41, 5.74) is 2.20. The molecular formula is C20H14NO. The highest BCUT2D eigenvalue weighted by atomic mass is 16.5. The minimum Gasteiger partial charge on any atom is -0.440 e. The standard InChI is InChI=1S/C20H14NO/c1-3-10-17(11-4-1)21-19-14-8-7-9-16(19)15-20(21)22-18-12-5-2-6-13-18/h1-12,14-15H. The lowest BCUT2D eigenvalue weighted by molar-refractivity contribution is 0.454. The van der Waals surface area contributed by atoms with Crippen LogP contribution in [0.5, 0.6) is 11.6 Å². The smallest absolute Gasteiger partial charge is 0.205 e. The molecule has 1 aromatic heterocycles. The van der Waals surface area contributed by atoms with Crippen LogP contribution in [0.1, 0.15) is 0 Å². The molecule has 0 atom stereocenters. The van der Waals surface area contributed by atoms with Crippen molar-refractivity contribution < 1.29 is 4.74 Å². The Bertz CT molecular complexity index is 895. The summed E-state index contributed by atoms with van der Waals surface area (Å²) in [6, 6.07) is 31.3. The van der Waals surface area contributed by atoms with Crippen LogP contribution in [0.25, 0.3) is 16.6 Å². The molecule has 0 saturated heterocycles. The van der Waals surface area contributed by atoms with Crippen molar-refractivity contribution in [3.63, 3.8) is 0 Å². The maximum Gasteiger partial charge on any atom is 0.205 e. The fraction of sp³-hybridized carbons (Fsp3) is 0. The molecule has 0 aliphatic rings. The van der Waals surface area contributed by atoms with Crippen molar-refractivity contribution in [2.75, 3.05) is 0 Å². The van der Waals surface area contributed by atoms with Crippen molar-refractivity contribution in [1.82, 2.24) is 4.57 Å². The molecule has 0 aliphatic carbocycles. The number of rotatable bonds is 3. The molecular weight excluding hydrogens is 270 g/mol. The molecule has 0 unspecified atom stereocenters. The number of aromatic nitrogens is 1. The van der Waals surface area contributed by atoms with Gasteiger partial charge in [0.2, 0.25) is 5.88 Å². The van der Waals surface area contributed by atoms with Crippen LogP contribution in [0, 0.1) is 6.07 Å². The zero-order valence-electron chi connectivity index (χ0n) is 11.9. The average Bonchev–Trinajstić information content (AvgIpc) is 2.94. The monoisotopic (exact) mass is 284 g/mol. The lowest BCUT2D eigenvalue weighted by Crippen LogP contribution is -1.97. The third kappa shape index (κ3) is 2.25. The maximum absolute atomic E-state index is 6.06. The highest BCUT2D eigenvalue weighted by Gasteiger charge is 2.11. The van der Waals surface area contributed by atoms with Crippen molar-refractivity contribution in [3.8, 4) is 17.3 Å². The Morgan fingerprint density at radius 1 is 0.773 bits per heavy atom. The van der Waals surface area contributed by atoms with Gasteiger partial charge >= 0.3 is 0 Å². The highest BCUT2D eigenvalue weighted by molar-refractivity contribution is 5.84. The first-order chi connectivity index (χ1) is 10.9. The number of para-hydroxylation sites is 3. The zero-order chi connectivity index (χ0) is 14.8. The first kappa shape index (κ1) is 12.7. The van der Waals surface area contributed by atoms with E-state index in [0.717, 1.165) is 22.5 Å². The summed E-state index contributed by atoms with van der Waals surface area (Å²) in [7, 11) is 0. The second kappa shape index (κ2) is 5.41. The van der Waals surface area contributed by atoms with Gasteiger partial charge in [0.15, 0.2) is 0 Å². The molecule has 4 aromatic rings. The Labute approximate surface area is 129 Å². The van der Waals surface area contributed by atoms with Crippen molar-refractivity contribution in [1.29, 1.82) is 0 Å². The van der Waals surface area contributed by atoms with E-state index in [9.17, 15) is 0 Å². The molecule has 0 bridgehead atoms. The number of hydrogen-bond donors (Lipinski definition) is 0. The number of nitrogens with zero attached hydrogens (tertiary/aromatic N) is 1. The van der Waals surface area contributed by atoms with Gasteiger partial charge in [0.1, 0.15) is 5.75 Å². The van der Waals surface area contributed by atoms with Crippen molar-refractivity contribution in [2.24, 2.45) is 0 Å². The van der Waals surface area contributed by atoms with Gasteiger partial charge in [-0.25, -0.2) is 0 Å². The van der Waals surface area contributed by atoms with Gasteiger partial charge in [-0.05, 0) is 24.3 Å². The molecule has 2 heteroatoms. The first-order valence-corrected chi connectivity index (χ1v) is 7.22. The number of fused-ring (bicyclic) bond motifs is 1. The Morgan fingerprint density at radius 3 is 2.36 bits per heavy atom. The van der Waals surface area contributed by atoms with E-state index >= 15 is 0 Å². The van der Waals surface area contributed by atoms with Crippen molar-refractivity contribution in [3.05, 3.63) is 91.0 Å². The van der Waals surface area contributed by atoms with E-state index in [1.807, 2.05) is 54.6 Å². The lowest BCUT2D eigenvalue weighted by atomic mass is 10.2. The first-order valence-electron chi connectivity index (χ1n) is 7.22. The third-order valence-corrected chi connectivity index (χ3v) is 3.59. The van der Waals surface area contributed by atoms with Crippen LogP contribution in [0.15, 0.2) is 84.9 Å². The quantitative estimate of drug-likeness (QED) is 0.503. The summed E-state index contributed by atoms with van der Waals surface area (Å²) in [4.78, 5) is 0. The molecule has 22 heavy (non-hydrogen) atoms. The normalized spacial score (nSPS) is 10.7. The van der Waals surface area contributed by atoms with Gasteiger partial charge in [-0.2, -0.15) is 0 Å². The van der Waals surface area contributed by atoms with E-state index in [2.05, 4.69) is 41.0 Å². The van der Waals surface area contributed by atoms with Crippen LogP contribution in [0.2, 0.25) is 0 Å². The predicted octanol–water partition coefficient (Wildman–Crippen LogP) is 5.22. The Balaban J connectivity index is 1.90. The molecule has 2 nitrogen and oxygen atoms in total. The van der Waals surface area contributed by atoms with Gasteiger partial charge in [-0.15, -0.1) is 0 Å². The second-order valence-electron chi connectivity index (χ2n) is 5.04. The van der Waals surface area contributed by atoms with Gasteiger partial charge in [0.25, 0.3) is 0 Å². The molecule has 0 aliphatic heterocycles. The Morgan fingerprint density at radius 2 is 1.55 bits per heavy atom. The molecule has 1 radical (unpaired) electrons. The summed E-state index contributed by atoms with van der Waals surface area (Å²) in [5, 5.41) is 1.15. The molecule has 0 spiro atoms. The van der Waals surface area contributed by atoms with Crippen LogP contribution >= 0.6 is 0 Å². The van der Waals surface area contributed by atoms with Crippen LogP contribution < -0.4 is 4.74 Å². The molecule has 105 valence electrons. The Hall–Kier alpha value is -3.00. The van der Waals surface area contributed by atoms with E-state index in [4.69, 9.17) is 4.74 Å². The number of benzene rings is 3. The molecule has 0 N–H and O–H groups in total. The largest absolute Gasteiger partial charge is 0.440 e. The van der Waals surface area contributed by atoms with E-state index in [0.29, 0.717) is 5.75 Å². The summed E-state index contributed by atoms with van der Waals surface area (Å²) in [5.74, 6) is 1.50. The van der Waals surface area contributed by atoms with Crippen LogP contribution in [0.3, 0.4) is 0 Å². The summed E-state index contributed by atoms with van der Waals surface area (Å²) in [6.07, 6.45) is 0. The van der Waals surface area contributed by atoms with E-state index in [1.54, 1.807) is 0 Å².